The number of carbonyl (C=O) groups is 3. The first-order chi connectivity index (χ1) is 14.6. The molecule has 1 saturated carbocycles. The third-order valence-corrected chi connectivity index (χ3v) is 7.62. The minimum absolute atomic E-state index is 0.0603. The Morgan fingerprint density at radius 2 is 1.53 bits per heavy atom. The monoisotopic (exact) mass is 412 g/mol. The van der Waals surface area contributed by atoms with Gasteiger partial charge >= 0.3 is 6.03 Å². The van der Waals surface area contributed by atoms with Crippen molar-refractivity contribution in [3.8, 4) is 0 Å². The Hall–Kier alpha value is -2.31. The first kappa shape index (κ1) is 19.6. The van der Waals surface area contributed by atoms with E-state index in [9.17, 15) is 14.4 Å². The first-order valence-corrected chi connectivity index (χ1v) is 11.7. The van der Waals surface area contributed by atoms with Gasteiger partial charge in [0.2, 0.25) is 11.8 Å². The lowest BCUT2D eigenvalue weighted by Gasteiger charge is -2.40. The number of hydrogen-bond donors (Lipinski definition) is 0. The van der Waals surface area contributed by atoms with E-state index in [1.54, 1.807) is 4.57 Å². The molecule has 0 spiro atoms. The van der Waals surface area contributed by atoms with Crippen LogP contribution in [0.25, 0.3) is 0 Å². The summed E-state index contributed by atoms with van der Waals surface area (Å²) in [5.41, 5.74) is 1.05. The summed E-state index contributed by atoms with van der Waals surface area (Å²) in [7, 11) is 0. The zero-order valence-corrected chi connectivity index (χ0v) is 17.7. The van der Waals surface area contributed by atoms with E-state index in [1.807, 2.05) is 33.0 Å². The van der Waals surface area contributed by atoms with E-state index in [0.717, 1.165) is 63.6 Å². The average molecular weight is 413 g/mol. The highest BCUT2D eigenvalue weighted by Crippen LogP contribution is 2.30. The van der Waals surface area contributed by atoms with E-state index < -0.39 is 0 Å². The van der Waals surface area contributed by atoms with Crippen LogP contribution in [-0.2, 0) is 16.1 Å². The minimum Gasteiger partial charge on any atom is -0.342 e. The Morgan fingerprint density at radius 3 is 2.27 bits per heavy atom. The van der Waals surface area contributed by atoms with E-state index in [-0.39, 0.29) is 35.7 Å². The highest BCUT2D eigenvalue weighted by molar-refractivity contribution is 5.83. The van der Waals surface area contributed by atoms with Gasteiger partial charge in [0, 0.05) is 50.0 Å². The van der Waals surface area contributed by atoms with Gasteiger partial charge in [0.05, 0.1) is 12.5 Å². The standard InChI is InChI=1S/C23H32N4O3/c28-21(17-5-1-2-6-17)25-11-3-7-18(15-25)22(29)24-13-9-19(10-14-24)27-16-20-8-4-12-26(20)23(27)30/h4,8,12,17-19H,1-3,5-7,9-11,13-16H2. The fourth-order valence-corrected chi connectivity index (χ4v) is 5.86. The summed E-state index contributed by atoms with van der Waals surface area (Å²) in [4.78, 5) is 44.5. The normalized spacial score (nSPS) is 25.8. The van der Waals surface area contributed by atoms with Gasteiger partial charge in [-0.1, -0.05) is 12.8 Å². The van der Waals surface area contributed by atoms with E-state index in [4.69, 9.17) is 0 Å². The van der Waals surface area contributed by atoms with Crippen molar-refractivity contribution in [2.75, 3.05) is 26.2 Å². The minimum atomic E-state index is -0.0603. The number of amides is 3. The molecule has 1 aromatic rings. The number of carbonyl (C=O) groups excluding carboxylic acids is 3. The lowest BCUT2D eigenvalue weighted by atomic mass is 9.93. The maximum Gasteiger partial charge on any atom is 0.329 e. The van der Waals surface area contributed by atoms with Gasteiger partial charge in [0.1, 0.15) is 0 Å². The average Bonchev–Trinajstić information content (AvgIpc) is 3.53. The molecule has 1 aliphatic carbocycles. The fourth-order valence-electron chi connectivity index (χ4n) is 5.86. The molecule has 30 heavy (non-hydrogen) atoms. The molecule has 3 fully saturated rings. The van der Waals surface area contributed by atoms with E-state index in [2.05, 4.69) is 0 Å². The summed E-state index contributed by atoms with van der Waals surface area (Å²) in [6.45, 7) is 3.48. The van der Waals surface area contributed by atoms with Crippen LogP contribution in [0.15, 0.2) is 18.3 Å². The number of likely N-dealkylation sites (tertiary alicyclic amines) is 2. The molecule has 1 aromatic heterocycles. The second-order valence-corrected chi connectivity index (χ2v) is 9.44. The highest BCUT2D eigenvalue weighted by atomic mass is 16.2. The predicted molar refractivity (Wildman–Crippen MR) is 112 cm³/mol. The van der Waals surface area contributed by atoms with Crippen molar-refractivity contribution in [1.29, 1.82) is 0 Å². The Balaban J connectivity index is 1.14. The Kier molecular flexibility index (Phi) is 5.29. The smallest absolute Gasteiger partial charge is 0.329 e. The first-order valence-electron chi connectivity index (χ1n) is 11.7. The van der Waals surface area contributed by atoms with Crippen LogP contribution >= 0.6 is 0 Å². The van der Waals surface area contributed by atoms with Gasteiger partial charge in [0.25, 0.3) is 0 Å². The van der Waals surface area contributed by atoms with Crippen molar-refractivity contribution in [3.63, 3.8) is 0 Å². The molecule has 3 aliphatic heterocycles. The number of fused-ring (bicyclic) bond motifs is 1. The third-order valence-electron chi connectivity index (χ3n) is 7.62. The number of hydrogen-bond acceptors (Lipinski definition) is 3. The molecule has 0 radical (unpaired) electrons. The zero-order chi connectivity index (χ0) is 20.7. The maximum atomic E-state index is 13.2. The molecule has 7 nitrogen and oxygen atoms in total. The Labute approximate surface area is 178 Å². The van der Waals surface area contributed by atoms with Gasteiger partial charge in [-0.15, -0.1) is 0 Å². The van der Waals surface area contributed by atoms with Gasteiger partial charge in [-0.25, -0.2) is 4.79 Å². The summed E-state index contributed by atoms with van der Waals surface area (Å²) in [6.07, 6.45) is 9.65. The number of nitrogens with zero attached hydrogens (tertiary/aromatic N) is 4. The summed E-state index contributed by atoms with van der Waals surface area (Å²) in [5, 5.41) is 0. The molecule has 0 aromatic carbocycles. The molecule has 1 unspecified atom stereocenters. The van der Waals surface area contributed by atoms with Crippen molar-refractivity contribution in [3.05, 3.63) is 24.0 Å². The lowest BCUT2D eigenvalue weighted by molar-refractivity contribution is -0.143. The van der Waals surface area contributed by atoms with E-state index in [0.29, 0.717) is 26.2 Å². The van der Waals surface area contributed by atoms with Crippen molar-refractivity contribution < 1.29 is 14.4 Å². The zero-order valence-electron chi connectivity index (χ0n) is 17.7. The summed E-state index contributed by atoms with van der Waals surface area (Å²) in [6, 6.07) is 4.18. The molecule has 0 N–H and O–H groups in total. The molecule has 1 atom stereocenters. The van der Waals surface area contributed by atoms with Crippen LogP contribution in [0.1, 0.15) is 57.1 Å². The van der Waals surface area contributed by atoms with Crippen LogP contribution in [0.4, 0.5) is 4.79 Å². The van der Waals surface area contributed by atoms with Crippen LogP contribution in [0.2, 0.25) is 0 Å². The molecule has 3 amide bonds. The summed E-state index contributed by atoms with van der Waals surface area (Å²) >= 11 is 0. The SMILES string of the molecule is O=C(C1CCCN(C(=O)C2CCCC2)C1)N1CCC(N2Cc3cccn3C2=O)CC1. The van der Waals surface area contributed by atoms with E-state index >= 15 is 0 Å². The molecule has 0 bridgehead atoms. The topological polar surface area (TPSA) is 65.9 Å². The molecule has 4 heterocycles. The summed E-state index contributed by atoms with van der Waals surface area (Å²) < 4.78 is 1.73. The molecule has 4 aliphatic rings. The van der Waals surface area contributed by atoms with Crippen LogP contribution in [0.5, 0.6) is 0 Å². The maximum absolute atomic E-state index is 13.2. The summed E-state index contributed by atoms with van der Waals surface area (Å²) in [5.74, 6) is 0.610. The molecule has 2 saturated heterocycles. The Morgan fingerprint density at radius 1 is 0.833 bits per heavy atom. The second kappa shape index (κ2) is 8.08. The van der Waals surface area contributed by atoms with Gasteiger partial charge in [-0.2, -0.15) is 0 Å². The van der Waals surface area contributed by atoms with Crippen molar-refractivity contribution in [2.45, 2.75) is 64.0 Å². The highest BCUT2D eigenvalue weighted by Gasteiger charge is 2.38. The van der Waals surface area contributed by atoms with Gasteiger partial charge < -0.3 is 14.7 Å². The fraction of sp³-hybridized carbons (Fsp3) is 0.696. The second-order valence-electron chi connectivity index (χ2n) is 9.44. The molecule has 7 heteroatoms. The molecular formula is C23H32N4O3. The van der Waals surface area contributed by atoms with Crippen LogP contribution in [-0.4, -0.2) is 69.3 Å². The van der Waals surface area contributed by atoms with Gasteiger partial charge in [-0.3, -0.25) is 14.2 Å². The quantitative estimate of drug-likeness (QED) is 0.767. The number of aromatic nitrogens is 1. The predicted octanol–water partition coefficient (Wildman–Crippen LogP) is 2.69. The lowest BCUT2D eigenvalue weighted by Crippen LogP contribution is -2.51. The van der Waals surface area contributed by atoms with E-state index in [1.165, 1.54) is 0 Å². The Bertz CT molecular complexity index is 820. The molecule has 5 rings (SSSR count). The number of rotatable bonds is 3. The van der Waals surface area contributed by atoms with Crippen molar-refractivity contribution in [1.82, 2.24) is 19.3 Å². The molecular weight excluding hydrogens is 380 g/mol. The molecule has 162 valence electrons. The largest absolute Gasteiger partial charge is 0.342 e. The number of piperidine rings is 2. The van der Waals surface area contributed by atoms with Crippen LogP contribution in [0.3, 0.4) is 0 Å². The van der Waals surface area contributed by atoms with Gasteiger partial charge in [-0.05, 0) is 50.7 Å². The van der Waals surface area contributed by atoms with Crippen LogP contribution in [0, 0.1) is 11.8 Å². The van der Waals surface area contributed by atoms with Gasteiger partial charge in [0.15, 0.2) is 0 Å². The third kappa shape index (κ3) is 3.52. The van der Waals surface area contributed by atoms with Crippen molar-refractivity contribution >= 4 is 17.8 Å². The van der Waals surface area contributed by atoms with Crippen LogP contribution < -0.4 is 0 Å². The van der Waals surface area contributed by atoms with Crippen molar-refractivity contribution in [2.24, 2.45) is 11.8 Å².